The second kappa shape index (κ2) is 13.3. The summed E-state index contributed by atoms with van der Waals surface area (Å²) in [7, 11) is 0. The van der Waals surface area contributed by atoms with Gasteiger partial charge in [0.2, 0.25) is 5.91 Å². The highest BCUT2D eigenvalue weighted by Crippen LogP contribution is 2.37. The smallest absolute Gasteiger partial charge is 0.264 e. The first kappa shape index (κ1) is 28.2. The molecular formula is C30H35FN4O4S. The molecule has 212 valence electrons. The molecule has 0 unspecified atom stereocenters. The summed E-state index contributed by atoms with van der Waals surface area (Å²) < 4.78 is 20.1. The van der Waals surface area contributed by atoms with Crippen LogP contribution in [0, 0.1) is 5.82 Å². The maximum absolute atomic E-state index is 13.8. The van der Waals surface area contributed by atoms with E-state index >= 15 is 0 Å². The fourth-order valence-corrected chi connectivity index (χ4v) is 6.12. The van der Waals surface area contributed by atoms with Crippen LogP contribution in [0.1, 0.15) is 49.8 Å². The third-order valence-corrected chi connectivity index (χ3v) is 8.63. The highest BCUT2D eigenvalue weighted by Gasteiger charge is 2.29. The van der Waals surface area contributed by atoms with Crippen LogP contribution in [-0.4, -0.2) is 57.0 Å². The first-order chi connectivity index (χ1) is 19.5. The fourth-order valence-electron chi connectivity index (χ4n) is 4.80. The summed E-state index contributed by atoms with van der Waals surface area (Å²) in [5.74, 6) is 0.394. The summed E-state index contributed by atoms with van der Waals surface area (Å²) >= 11 is 1.60. The number of phenolic OH excluding ortho intramolecular Hbond substituents is 1. The lowest BCUT2D eigenvalue weighted by atomic mass is 10.0. The molecule has 10 heteroatoms. The summed E-state index contributed by atoms with van der Waals surface area (Å²) in [6.07, 6.45) is 6.00. The van der Waals surface area contributed by atoms with Crippen LogP contribution in [0.2, 0.25) is 0 Å². The van der Waals surface area contributed by atoms with E-state index in [1.807, 2.05) is 0 Å². The minimum absolute atomic E-state index is 0.000721. The number of fused-ring (bicyclic) bond motifs is 1. The predicted molar refractivity (Wildman–Crippen MR) is 153 cm³/mol. The number of aromatic hydroxyl groups is 1. The van der Waals surface area contributed by atoms with Crippen LogP contribution in [0.15, 0.2) is 58.5 Å². The van der Waals surface area contributed by atoms with Gasteiger partial charge in [0.1, 0.15) is 17.3 Å². The molecule has 0 radical (unpaired) electrons. The molecule has 8 nitrogen and oxygen atoms in total. The van der Waals surface area contributed by atoms with Gasteiger partial charge < -0.3 is 20.1 Å². The number of carbonyl (C=O) groups is 1. The molecule has 2 aliphatic rings. The number of ether oxygens (including phenoxy) is 1. The molecule has 0 atom stereocenters. The van der Waals surface area contributed by atoms with E-state index in [1.165, 1.54) is 23.1 Å². The number of nitrogens with one attached hydrogen (secondary N) is 1. The SMILES string of the molecule is O=C(CCNCCCCOc1ccc(F)cc1)N1CCc2nc(SC3CCC3)n(-c3ccccc3O)c(=O)c2C1. The van der Waals surface area contributed by atoms with E-state index in [0.29, 0.717) is 59.9 Å². The summed E-state index contributed by atoms with van der Waals surface area (Å²) in [6, 6.07) is 12.8. The zero-order valence-electron chi connectivity index (χ0n) is 22.5. The lowest BCUT2D eigenvalue weighted by molar-refractivity contribution is -0.132. The number of hydrogen-bond acceptors (Lipinski definition) is 7. The molecule has 1 aliphatic carbocycles. The van der Waals surface area contributed by atoms with E-state index in [2.05, 4.69) is 5.32 Å². The van der Waals surface area contributed by atoms with Gasteiger partial charge in [-0.1, -0.05) is 30.3 Å². The number of hydrogen-bond donors (Lipinski definition) is 2. The Morgan fingerprint density at radius 1 is 1.12 bits per heavy atom. The number of nitrogens with zero attached hydrogens (tertiary/aromatic N) is 3. The Hall–Kier alpha value is -3.37. The Labute approximate surface area is 237 Å². The molecule has 0 saturated heterocycles. The number of benzene rings is 2. The van der Waals surface area contributed by atoms with Gasteiger partial charge in [-0.25, -0.2) is 9.37 Å². The van der Waals surface area contributed by atoms with Crippen molar-refractivity contribution in [3.63, 3.8) is 0 Å². The van der Waals surface area contributed by atoms with E-state index in [4.69, 9.17) is 9.72 Å². The number of rotatable bonds is 12. The van der Waals surface area contributed by atoms with Crippen LogP contribution in [0.5, 0.6) is 11.5 Å². The van der Waals surface area contributed by atoms with Crippen LogP contribution in [0.3, 0.4) is 0 Å². The van der Waals surface area contributed by atoms with Gasteiger partial charge in [-0.3, -0.25) is 14.2 Å². The number of para-hydroxylation sites is 2. The van der Waals surface area contributed by atoms with Gasteiger partial charge in [0.05, 0.1) is 30.1 Å². The first-order valence-corrected chi connectivity index (χ1v) is 14.8. The Balaban J connectivity index is 1.14. The van der Waals surface area contributed by atoms with Crippen molar-refractivity contribution in [2.75, 3.05) is 26.2 Å². The molecule has 5 rings (SSSR count). The quantitative estimate of drug-likeness (QED) is 0.247. The lowest BCUT2D eigenvalue weighted by Crippen LogP contribution is -2.42. The molecule has 0 spiro atoms. The van der Waals surface area contributed by atoms with E-state index in [1.54, 1.807) is 53.1 Å². The number of amides is 1. The maximum Gasteiger partial charge on any atom is 0.264 e. The van der Waals surface area contributed by atoms with Gasteiger partial charge in [0.15, 0.2) is 5.16 Å². The Morgan fingerprint density at radius 2 is 1.93 bits per heavy atom. The van der Waals surface area contributed by atoms with E-state index in [9.17, 15) is 19.1 Å². The van der Waals surface area contributed by atoms with Gasteiger partial charge >= 0.3 is 0 Å². The average Bonchev–Trinajstić information content (AvgIpc) is 2.93. The van der Waals surface area contributed by atoms with Gasteiger partial charge in [-0.2, -0.15) is 0 Å². The summed E-state index contributed by atoms with van der Waals surface area (Å²) in [6.45, 7) is 2.63. The molecule has 1 aliphatic heterocycles. The molecule has 1 aromatic heterocycles. The standard InChI is InChI=1S/C30H35FN4O4S/c31-21-10-12-22(13-11-21)39-19-4-3-16-32-17-14-28(37)34-18-15-25-24(20-34)29(38)35(26-8-1-2-9-27(26)36)30(33-25)40-23-6-5-7-23/h1-2,8-13,23,32,36H,3-7,14-20H2. The van der Waals surface area contributed by atoms with Crippen LogP contribution < -0.4 is 15.6 Å². The average molecular weight is 567 g/mol. The second-order valence-electron chi connectivity index (χ2n) is 10.2. The van der Waals surface area contributed by atoms with Gasteiger partial charge in [-0.15, -0.1) is 0 Å². The van der Waals surface area contributed by atoms with Crippen molar-refractivity contribution in [2.45, 2.75) is 61.9 Å². The molecule has 2 N–H and O–H groups in total. The zero-order chi connectivity index (χ0) is 27.9. The number of carbonyl (C=O) groups excluding carboxylic acids is 1. The highest BCUT2D eigenvalue weighted by atomic mass is 32.2. The van der Waals surface area contributed by atoms with Gasteiger partial charge in [0.25, 0.3) is 5.56 Å². The third kappa shape index (κ3) is 6.85. The van der Waals surface area contributed by atoms with E-state index in [0.717, 1.165) is 37.9 Å². The molecule has 1 fully saturated rings. The van der Waals surface area contributed by atoms with Crippen LogP contribution in [0.25, 0.3) is 5.69 Å². The van der Waals surface area contributed by atoms with Crippen molar-refractivity contribution in [1.29, 1.82) is 0 Å². The van der Waals surface area contributed by atoms with Crippen molar-refractivity contribution in [2.24, 2.45) is 0 Å². The van der Waals surface area contributed by atoms with Crippen molar-refractivity contribution in [1.82, 2.24) is 19.8 Å². The van der Waals surface area contributed by atoms with E-state index < -0.39 is 0 Å². The van der Waals surface area contributed by atoms with Crippen LogP contribution in [0.4, 0.5) is 4.39 Å². The molecular weight excluding hydrogens is 531 g/mol. The Kier molecular flexibility index (Phi) is 9.38. The summed E-state index contributed by atoms with van der Waals surface area (Å²) in [5, 5.41) is 14.9. The number of halogens is 1. The number of aromatic nitrogens is 2. The van der Waals surface area contributed by atoms with Crippen molar-refractivity contribution in [3.8, 4) is 17.2 Å². The van der Waals surface area contributed by atoms with Crippen molar-refractivity contribution >= 4 is 17.7 Å². The minimum atomic E-state index is -0.284. The molecule has 40 heavy (non-hydrogen) atoms. The third-order valence-electron chi connectivity index (χ3n) is 7.34. The van der Waals surface area contributed by atoms with Gasteiger partial charge in [0, 0.05) is 31.2 Å². The molecule has 2 heterocycles. The minimum Gasteiger partial charge on any atom is -0.506 e. The molecule has 1 amide bonds. The zero-order valence-corrected chi connectivity index (χ0v) is 23.3. The van der Waals surface area contributed by atoms with E-state index in [-0.39, 0.29) is 29.6 Å². The Morgan fingerprint density at radius 3 is 2.67 bits per heavy atom. The lowest BCUT2D eigenvalue weighted by Gasteiger charge is -2.30. The largest absolute Gasteiger partial charge is 0.506 e. The predicted octanol–water partition coefficient (Wildman–Crippen LogP) is 4.45. The molecule has 3 aromatic rings. The fraction of sp³-hybridized carbons (Fsp3) is 0.433. The number of thioether (sulfide) groups is 1. The van der Waals surface area contributed by atoms with Crippen LogP contribution >= 0.6 is 11.8 Å². The molecule has 0 bridgehead atoms. The second-order valence-corrected chi connectivity index (χ2v) is 11.5. The summed E-state index contributed by atoms with van der Waals surface area (Å²) in [4.78, 5) is 33.3. The van der Waals surface area contributed by atoms with Crippen LogP contribution in [-0.2, 0) is 17.8 Å². The topological polar surface area (TPSA) is 96.7 Å². The Bertz CT molecular complexity index is 1380. The number of unbranched alkanes of at least 4 members (excludes halogenated alkanes) is 1. The van der Waals surface area contributed by atoms with Gasteiger partial charge in [-0.05, 0) is 68.6 Å². The van der Waals surface area contributed by atoms with Crippen molar-refractivity contribution < 1.29 is 19.0 Å². The highest BCUT2D eigenvalue weighted by molar-refractivity contribution is 7.99. The summed E-state index contributed by atoms with van der Waals surface area (Å²) in [5.41, 5.74) is 1.48. The molecule has 2 aromatic carbocycles. The monoisotopic (exact) mass is 566 g/mol. The number of phenols is 1. The maximum atomic E-state index is 13.8. The molecule has 1 saturated carbocycles. The normalized spacial score (nSPS) is 15.0. The first-order valence-electron chi connectivity index (χ1n) is 14.0. The van der Waals surface area contributed by atoms with Crippen molar-refractivity contribution in [3.05, 3.63) is 76.0 Å².